The fraction of sp³-hybridized carbons (Fsp3) is 0.176. The highest BCUT2D eigenvalue weighted by Crippen LogP contribution is 2.29. The summed E-state index contributed by atoms with van der Waals surface area (Å²) in [5, 5.41) is 7.43. The van der Waals surface area contributed by atoms with Crippen molar-refractivity contribution in [2.45, 2.75) is 20.0 Å². The Morgan fingerprint density at radius 2 is 1.86 bits per heavy atom. The molecule has 0 aliphatic carbocycles. The minimum absolute atomic E-state index is 0.0877. The van der Waals surface area contributed by atoms with E-state index < -0.39 is 0 Å². The summed E-state index contributed by atoms with van der Waals surface area (Å²) in [4.78, 5) is 4.35. The third kappa shape index (κ3) is 3.20. The van der Waals surface area contributed by atoms with Crippen molar-refractivity contribution in [1.82, 2.24) is 15.2 Å². The van der Waals surface area contributed by atoms with Gasteiger partial charge in [0.1, 0.15) is 0 Å². The van der Waals surface area contributed by atoms with Gasteiger partial charge in [-0.05, 0) is 47.5 Å². The fourth-order valence-corrected chi connectivity index (χ4v) is 2.55. The van der Waals surface area contributed by atoms with Crippen molar-refractivity contribution < 1.29 is 4.74 Å². The van der Waals surface area contributed by atoms with Crippen LogP contribution in [0, 0.1) is 0 Å². The largest absolute Gasteiger partial charge is 0.474 e. The Bertz CT molecular complexity index is 769. The number of benzene rings is 1. The molecule has 112 valence electrons. The summed E-state index contributed by atoms with van der Waals surface area (Å²) in [6.45, 7) is 3.95. The number of ether oxygens (including phenoxy) is 1. The number of hydrogen-bond acceptors (Lipinski definition) is 3. The molecule has 0 spiro atoms. The first-order valence-electron chi connectivity index (χ1n) is 7.07. The molecular weight excluding hydrogens is 342 g/mol. The maximum Gasteiger partial charge on any atom is 0.228 e. The number of aromatic amines is 1. The summed E-state index contributed by atoms with van der Waals surface area (Å²) < 4.78 is 6.45. The molecule has 2 aromatic heterocycles. The second-order valence-electron chi connectivity index (χ2n) is 5.21. The van der Waals surface area contributed by atoms with E-state index in [-0.39, 0.29) is 6.10 Å². The van der Waals surface area contributed by atoms with Gasteiger partial charge in [0, 0.05) is 11.8 Å². The molecule has 3 rings (SSSR count). The molecule has 1 N–H and O–H groups in total. The minimum Gasteiger partial charge on any atom is -0.474 e. The SMILES string of the molecule is CC(C)Oc1ncc(-c2cc(-c3ccccc3)[nH]n2)cc1Br. The van der Waals surface area contributed by atoms with Gasteiger partial charge in [0.15, 0.2) is 0 Å². The van der Waals surface area contributed by atoms with Crippen molar-refractivity contribution in [2.75, 3.05) is 0 Å². The fourth-order valence-electron chi connectivity index (χ4n) is 2.11. The van der Waals surface area contributed by atoms with E-state index in [2.05, 4.69) is 31.1 Å². The quantitative estimate of drug-likeness (QED) is 0.736. The van der Waals surface area contributed by atoms with E-state index in [1.165, 1.54) is 0 Å². The molecule has 2 heterocycles. The van der Waals surface area contributed by atoms with Crippen molar-refractivity contribution in [3.63, 3.8) is 0 Å². The highest BCUT2D eigenvalue weighted by Gasteiger charge is 2.10. The van der Waals surface area contributed by atoms with Crippen molar-refractivity contribution in [3.8, 4) is 28.4 Å². The molecule has 0 aliphatic heterocycles. The molecule has 0 saturated heterocycles. The summed E-state index contributed by atoms with van der Waals surface area (Å²) in [5.74, 6) is 0.595. The molecule has 5 heteroatoms. The summed E-state index contributed by atoms with van der Waals surface area (Å²) in [6.07, 6.45) is 1.86. The maximum absolute atomic E-state index is 5.62. The second-order valence-corrected chi connectivity index (χ2v) is 6.06. The predicted octanol–water partition coefficient (Wildman–Crippen LogP) is 4.69. The molecule has 0 bridgehead atoms. The normalized spacial score (nSPS) is 10.9. The number of nitrogens with zero attached hydrogens (tertiary/aromatic N) is 2. The van der Waals surface area contributed by atoms with Crippen LogP contribution in [0.3, 0.4) is 0 Å². The van der Waals surface area contributed by atoms with Gasteiger partial charge in [0.25, 0.3) is 0 Å². The van der Waals surface area contributed by atoms with Gasteiger partial charge in [-0.1, -0.05) is 30.3 Å². The highest BCUT2D eigenvalue weighted by molar-refractivity contribution is 9.10. The minimum atomic E-state index is 0.0877. The van der Waals surface area contributed by atoms with Crippen LogP contribution in [0.2, 0.25) is 0 Å². The van der Waals surface area contributed by atoms with Gasteiger partial charge in [0.05, 0.1) is 22.0 Å². The molecular formula is C17H16BrN3O. The first-order valence-corrected chi connectivity index (χ1v) is 7.86. The van der Waals surface area contributed by atoms with E-state index in [0.717, 1.165) is 27.0 Å². The maximum atomic E-state index is 5.62. The number of aromatic nitrogens is 3. The lowest BCUT2D eigenvalue weighted by atomic mass is 10.1. The molecule has 4 nitrogen and oxygen atoms in total. The van der Waals surface area contributed by atoms with Gasteiger partial charge < -0.3 is 4.74 Å². The number of pyridine rings is 1. The Labute approximate surface area is 137 Å². The van der Waals surface area contributed by atoms with Crippen LogP contribution < -0.4 is 4.74 Å². The lowest BCUT2D eigenvalue weighted by Gasteiger charge is -2.10. The average molecular weight is 358 g/mol. The summed E-state index contributed by atoms with van der Waals surface area (Å²) >= 11 is 3.50. The standard InChI is InChI=1S/C17H16BrN3O/c1-11(2)22-17-14(18)8-13(10-19-17)16-9-15(20-21-16)12-6-4-3-5-7-12/h3-11H,1-2H3,(H,20,21). The third-order valence-electron chi connectivity index (χ3n) is 3.11. The van der Waals surface area contributed by atoms with Crippen molar-refractivity contribution in [2.24, 2.45) is 0 Å². The number of halogens is 1. The van der Waals surface area contributed by atoms with Crippen LogP contribution in [0.15, 0.2) is 53.1 Å². The van der Waals surface area contributed by atoms with Crippen LogP contribution in [0.4, 0.5) is 0 Å². The van der Waals surface area contributed by atoms with Gasteiger partial charge in [0.2, 0.25) is 5.88 Å². The Hall–Kier alpha value is -2.14. The van der Waals surface area contributed by atoms with Gasteiger partial charge in [-0.3, -0.25) is 5.10 Å². The lowest BCUT2D eigenvalue weighted by Crippen LogP contribution is -2.07. The Balaban J connectivity index is 1.89. The van der Waals surface area contributed by atoms with Crippen molar-refractivity contribution >= 4 is 15.9 Å². The van der Waals surface area contributed by atoms with Crippen molar-refractivity contribution in [3.05, 3.63) is 53.1 Å². The monoisotopic (exact) mass is 357 g/mol. The molecule has 0 atom stereocenters. The molecule has 0 aliphatic rings. The zero-order valence-corrected chi connectivity index (χ0v) is 14.0. The molecule has 0 amide bonds. The molecule has 0 saturated carbocycles. The van der Waals surface area contributed by atoms with Gasteiger partial charge in [-0.15, -0.1) is 0 Å². The molecule has 3 aromatic rings. The zero-order valence-electron chi connectivity index (χ0n) is 12.4. The van der Waals surface area contributed by atoms with Crippen LogP contribution >= 0.6 is 15.9 Å². The van der Waals surface area contributed by atoms with E-state index in [1.807, 2.05) is 56.3 Å². The Morgan fingerprint density at radius 3 is 2.55 bits per heavy atom. The average Bonchev–Trinajstić information content (AvgIpc) is 3.00. The summed E-state index contributed by atoms with van der Waals surface area (Å²) in [5.41, 5.74) is 3.87. The Morgan fingerprint density at radius 1 is 1.09 bits per heavy atom. The van der Waals surface area contributed by atoms with E-state index >= 15 is 0 Å². The van der Waals surface area contributed by atoms with E-state index in [1.54, 1.807) is 6.20 Å². The summed E-state index contributed by atoms with van der Waals surface area (Å²) in [6, 6.07) is 14.1. The molecule has 0 radical (unpaired) electrons. The molecule has 0 fully saturated rings. The number of hydrogen-bond donors (Lipinski definition) is 1. The first-order chi connectivity index (χ1) is 10.6. The van der Waals surface area contributed by atoms with Crippen LogP contribution in [-0.2, 0) is 0 Å². The zero-order chi connectivity index (χ0) is 15.5. The van der Waals surface area contributed by atoms with Gasteiger partial charge in [-0.25, -0.2) is 4.98 Å². The first kappa shape index (κ1) is 14.8. The van der Waals surface area contributed by atoms with Crippen LogP contribution in [0.1, 0.15) is 13.8 Å². The smallest absolute Gasteiger partial charge is 0.228 e. The highest BCUT2D eigenvalue weighted by atomic mass is 79.9. The lowest BCUT2D eigenvalue weighted by molar-refractivity contribution is 0.231. The van der Waals surface area contributed by atoms with Gasteiger partial charge >= 0.3 is 0 Å². The van der Waals surface area contributed by atoms with Crippen molar-refractivity contribution in [1.29, 1.82) is 0 Å². The number of nitrogens with one attached hydrogen (secondary N) is 1. The second kappa shape index (κ2) is 6.32. The number of rotatable bonds is 4. The Kier molecular flexibility index (Phi) is 4.24. The summed E-state index contributed by atoms with van der Waals surface area (Å²) in [7, 11) is 0. The van der Waals surface area contributed by atoms with Crippen LogP contribution in [0.25, 0.3) is 22.5 Å². The predicted molar refractivity (Wildman–Crippen MR) is 90.7 cm³/mol. The molecule has 0 unspecified atom stereocenters. The van der Waals surface area contributed by atoms with E-state index in [9.17, 15) is 0 Å². The van der Waals surface area contributed by atoms with Crippen LogP contribution in [0.5, 0.6) is 5.88 Å². The molecule has 1 aromatic carbocycles. The topological polar surface area (TPSA) is 50.8 Å². The van der Waals surface area contributed by atoms with Crippen LogP contribution in [-0.4, -0.2) is 21.3 Å². The molecule has 22 heavy (non-hydrogen) atoms. The van der Waals surface area contributed by atoms with Gasteiger partial charge in [-0.2, -0.15) is 5.10 Å². The third-order valence-corrected chi connectivity index (χ3v) is 3.68. The van der Waals surface area contributed by atoms with E-state index in [4.69, 9.17) is 4.74 Å². The van der Waals surface area contributed by atoms with E-state index in [0.29, 0.717) is 5.88 Å². The number of H-pyrrole nitrogens is 1.